The summed E-state index contributed by atoms with van der Waals surface area (Å²) in [4.78, 5) is 13.8. The van der Waals surface area contributed by atoms with Crippen LogP contribution in [0.25, 0.3) is 0 Å². The van der Waals surface area contributed by atoms with Crippen LogP contribution < -0.4 is 0 Å². The van der Waals surface area contributed by atoms with Crippen LogP contribution in [0, 0.1) is 5.92 Å². The van der Waals surface area contributed by atoms with Gasteiger partial charge >= 0.3 is 0 Å². The van der Waals surface area contributed by atoms with Crippen LogP contribution in [0.5, 0.6) is 0 Å². The fraction of sp³-hybridized carbons (Fsp3) is 0.700. The maximum absolute atomic E-state index is 12.0. The van der Waals surface area contributed by atoms with Gasteiger partial charge in [0.2, 0.25) is 0 Å². The van der Waals surface area contributed by atoms with Crippen LogP contribution in [0.1, 0.15) is 23.8 Å². The Kier molecular flexibility index (Phi) is 3.14. The van der Waals surface area contributed by atoms with E-state index in [1.165, 1.54) is 4.68 Å². The lowest BCUT2D eigenvalue weighted by molar-refractivity contribution is 0.0681. The van der Waals surface area contributed by atoms with Gasteiger partial charge in [0.15, 0.2) is 5.69 Å². The van der Waals surface area contributed by atoms with E-state index in [0.29, 0.717) is 24.7 Å². The Morgan fingerprint density at radius 3 is 2.94 bits per heavy atom. The second kappa shape index (κ2) is 4.41. The lowest BCUT2D eigenvalue weighted by atomic mass is 9.99. The highest BCUT2D eigenvalue weighted by Crippen LogP contribution is 2.22. The molecule has 1 aromatic rings. The molecule has 5 nitrogen and oxygen atoms in total. The molecule has 2 unspecified atom stereocenters. The number of nitrogens with zero attached hydrogens (tertiary/aromatic N) is 4. The molecule has 0 bridgehead atoms. The summed E-state index contributed by atoms with van der Waals surface area (Å²) in [5, 5.41) is 7.76. The second-order valence-corrected chi connectivity index (χ2v) is 4.87. The van der Waals surface area contributed by atoms with E-state index in [2.05, 4.69) is 17.2 Å². The minimum atomic E-state index is -0.0523. The number of carbonyl (C=O) groups is 1. The Hall–Kier alpha value is -1.10. The number of aromatic nitrogens is 3. The van der Waals surface area contributed by atoms with Crippen molar-refractivity contribution in [1.29, 1.82) is 0 Å². The highest BCUT2D eigenvalue weighted by molar-refractivity contribution is 6.20. The first-order chi connectivity index (χ1) is 7.58. The highest BCUT2D eigenvalue weighted by Gasteiger charge is 2.28. The molecule has 1 amide bonds. The van der Waals surface area contributed by atoms with Crippen molar-refractivity contribution >= 4 is 17.5 Å². The van der Waals surface area contributed by atoms with Crippen molar-refractivity contribution in [1.82, 2.24) is 19.9 Å². The summed E-state index contributed by atoms with van der Waals surface area (Å²) in [5.41, 5.74) is 0.405. The molecule has 0 aliphatic carbocycles. The maximum Gasteiger partial charge on any atom is 0.276 e. The Balaban J connectivity index is 2.06. The molecule has 0 saturated carbocycles. The Bertz CT molecular complexity index is 392. The fourth-order valence-electron chi connectivity index (χ4n) is 1.91. The molecule has 0 spiro atoms. The lowest BCUT2D eigenvalue weighted by Crippen LogP contribution is -2.43. The molecule has 1 saturated heterocycles. The number of rotatable bonds is 1. The first-order valence-electron chi connectivity index (χ1n) is 5.37. The summed E-state index contributed by atoms with van der Waals surface area (Å²) in [5.74, 6) is 0.277. The predicted molar refractivity (Wildman–Crippen MR) is 60.3 cm³/mol. The van der Waals surface area contributed by atoms with Gasteiger partial charge < -0.3 is 4.90 Å². The highest BCUT2D eigenvalue weighted by atomic mass is 35.5. The van der Waals surface area contributed by atoms with Crippen molar-refractivity contribution in [3.63, 3.8) is 0 Å². The molecule has 1 fully saturated rings. The molecular weight excluding hydrogens is 228 g/mol. The van der Waals surface area contributed by atoms with E-state index in [4.69, 9.17) is 11.6 Å². The summed E-state index contributed by atoms with van der Waals surface area (Å²) in [6.45, 7) is 3.46. The van der Waals surface area contributed by atoms with Crippen molar-refractivity contribution in [3.05, 3.63) is 11.9 Å². The van der Waals surface area contributed by atoms with Crippen LogP contribution in [-0.2, 0) is 7.05 Å². The third kappa shape index (κ3) is 2.19. The number of piperidine rings is 1. The van der Waals surface area contributed by atoms with Crippen LogP contribution in [0.15, 0.2) is 6.20 Å². The van der Waals surface area contributed by atoms with Gasteiger partial charge in [-0.15, -0.1) is 16.7 Å². The largest absolute Gasteiger partial charge is 0.337 e. The van der Waals surface area contributed by atoms with Gasteiger partial charge in [-0.2, -0.15) is 0 Å². The molecule has 1 aliphatic rings. The van der Waals surface area contributed by atoms with E-state index >= 15 is 0 Å². The molecule has 2 rings (SSSR count). The van der Waals surface area contributed by atoms with E-state index < -0.39 is 0 Å². The van der Waals surface area contributed by atoms with Crippen molar-refractivity contribution in [3.8, 4) is 0 Å². The summed E-state index contributed by atoms with van der Waals surface area (Å²) in [6, 6.07) is 0. The molecule has 2 heterocycles. The van der Waals surface area contributed by atoms with E-state index in [1.807, 2.05) is 0 Å². The number of carbonyl (C=O) groups excluding carboxylic acids is 1. The van der Waals surface area contributed by atoms with Gasteiger partial charge in [-0.25, -0.2) is 0 Å². The summed E-state index contributed by atoms with van der Waals surface area (Å²) >= 11 is 6.12. The Morgan fingerprint density at radius 1 is 1.62 bits per heavy atom. The zero-order valence-corrected chi connectivity index (χ0v) is 10.2. The SMILES string of the molecule is CC1CN(C(=O)c2cn(C)nn2)CCC1Cl. The smallest absolute Gasteiger partial charge is 0.276 e. The first-order valence-corrected chi connectivity index (χ1v) is 5.81. The van der Waals surface area contributed by atoms with E-state index in [1.54, 1.807) is 18.1 Å². The number of alkyl halides is 1. The maximum atomic E-state index is 12.0. The fourth-order valence-corrected chi connectivity index (χ4v) is 2.09. The zero-order chi connectivity index (χ0) is 11.7. The summed E-state index contributed by atoms with van der Waals surface area (Å²) < 4.78 is 1.53. The van der Waals surface area contributed by atoms with Gasteiger partial charge in [-0.3, -0.25) is 9.48 Å². The van der Waals surface area contributed by atoms with E-state index in [0.717, 1.165) is 6.42 Å². The van der Waals surface area contributed by atoms with Crippen LogP contribution in [0.4, 0.5) is 0 Å². The third-order valence-electron chi connectivity index (χ3n) is 2.91. The number of hydrogen-bond acceptors (Lipinski definition) is 3. The number of amides is 1. The van der Waals surface area contributed by atoms with Gasteiger partial charge in [-0.05, 0) is 12.3 Å². The van der Waals surface area contributed by atoms with Crippen LogP contribution >= 0.6 is 11.6 Å². The molecule has 1 aromatic heterocycles. The standard InChI is InChI=1S/C10H15ClN4O/c1-7-5-15(4-3-8(7)11)10(16)9-6-14(2)13-12-9/h6-8H,3-5H2,1-2H3. The Labute approximate surface area is 99.4 Å². The molecule has 1 aliphatic heterocycles. The van der Waals surface area contributed by atoms with Gasteiger partial charge in [0.1, 0.15) is 0 Å². The van der Waals surface area contributed by atoms with Gasteiger partial charge in [0, 0.05) is 25.5 Å². The van der Waals surface area contributed by atoms with E-state index in [-0.39, 0.29) is 11.3 Å². The Morgan fingerprint density at radius 2 is 2.38 bits per heavy atom. The van der Waals surface area contributed by atoms with Gasteiger partial charge in [0.05, 0.1) is 6.20 Å². The molecule has 0 radical (unpaired) electrons. The van der Waals surface area contributed by atoms with Crippen molar-refractivity contribution in [2.45, 2.75) is 18.7 Å². The minimum Gasteiger partial charge on any atom is -0.337 e. The first kappa shape index (κ1) is 11.4. The van der Waals surface area contributed by atoms with Crippen molar-refractivity contribution < 1.29 is 4.79 Å². The van der Waals surface area contributed by atoms with Crippen molar-refractivity contribution in [2.24, 2.45) is 13.0 Å². The molecule has 88 valence electrons. The van der Waals surface area contributed by atoms with E-state index in [9.17, 15) is 4.79 Å². The molecule has 2 atom stereocenters. The predicted octanol–water partition coefficient (Wildman–Crippen LogP) is 0.904. The second-order valence-electron chi connectivity index (χ2n) is 4.31. The molecule has 0 aromatic carbocycles. The van der Waals surface area contributed by atoms with Crippen LogP contribution in [0.2, 0.25) is 0 Å². The van der Waals surface area contributed by atoms with Crippen molar-refractivity contribution in [2.75, 3.05) is 13.1 Å². The third-order valence-corrected chi connectivity index (χ3v) is 3.56. The van der Waals surface area contributed by atoms with Gasteiger partial charge in [0.25, 0.3) is 5.91 Å². The quantitative estimate of drug-likeness (QED) is 0.688. The average molecular weight is 243 g/mol. The topological polar surface area (TPSA) is 51.0 Å². The molecular formula is C10H15ClN4O. The molecule has 6 heteroatoms. The minimum absolute atomic E-state index is 0.0523. The lowest BCUT2D eigenvalue weighted by Gasteiger charge is -2.33. The average Bonchev–Trinajstić information content (AvgIpc) is 2.68. The number of hydrogen-bond donors (Lipinski definition) is 0. The monoisotopic (exact) mass is 242 g/mol. The summed E-state index contributed by atoms with van der Waals surface area (Å²) in [6.07, 6.45) is 2.48. The van der Waals surface area contributed by atoms with Crippen LogP contribution in [0.3, 0.4) is 0 Å². The summed E-state index contributed by atoms with van der Waals surface area (Å²) in [7, 11) is 1.75. The molecule has 16 heavy (non-hydrogen) atoms. The van der Waals surface area contributed by atoms with Crippen LogP contribution in [-0.4, -0.2) is 44.3 Å². The number of halogens is 1. The number of likely N-dealkylation sites (tertiary alicyclic amines) is 1. The molecule has 0 N–H and O–H groups in total. The number of aryl methyl sites for hydroxylation is 1. The van der Waals surface area contributed by atoms with Gasteiger partial charge in [-0.1, -0.05) is 12.1 Å². The zero-order valence-electron chi connectivity index (χ0n) is 9.43. The normalized spacial score (nSPS) is 25.8.